The summed E-state index contributed by atoms with van der Waals surface area (Å²) in [5.41, 5.74) is 0.531. The molecule has 7 heteroatoms. The van der Waals surface area contributed by atoms with Crippen LogP contribution in [-0.2, 0) is 0 Å². The Labute approximate surface area is 121 Å². The number of hydrogen-bond donors (Lipinski definition) is 0. The molecule has 0 unspecified atom stereocenters. The van der Waals surface area contributed by atoms with Crippen LogP contribution in [0.2, 0.25) is 10.3 Å². The molecule has 2 aromatic rings. The molecule has 0 N–H and O–H groups in total. The van der Waals surface area contributed by atoms with Crippen LogP contribution in [0.3, 0.4) is 0 Å². The van der Waals surface area contributed by atoms with Crippen LogP contribution >= 0.6 is 23.2 Å². The number of rotatable bonds is 3. The Hall–Kier alpha value is -1.46. The lowest BCUT2D eigenvalue weighted by Gasteiger charge is -2.18. The van der Waals surface area contributed by atoms with E-state index >= 15 is 0 Å². The van der Waals surface area contributed by atoms with Crippen LogP contribution in [-0.4, -0.2) is 38.3 Å². The normalized spacial score (nSPS) is 10.6. The second kappa shape index (κ2) is 5.27. The fourth-order valence-electron chi connectivity index (χ4n) is 1.85. The molecule has 102 valence electrons. The average Bonchev–Trinajstić information content (AvgIpc) is 2.38. The van der Waals surface area contributed by atoms with Gasteiger partial charge in [-0.25, -0.2) is 4.98 Å². The van der Waals surface area contributed by atoms with E-state index < -0.39 is 0 Å². The summed E-state index contributed by atoms with van der Waals surface area (Å²) in [6.45, 7) is 0. The third-order valence-electron chi connectivity index (χ3n) is 2.65. The molecule has 0 atom stereocenters. The maximum Gasteiger partial charge on any atom is 0.224 e. The van der Waals surface area contributed by atoms with Gasteiger partial charge in [0.15, 0.2) is 11.5 Å². The van der Waals surface area contributed by atoms with E-state index in [9.17, 15) is 0 Å². The maximum atomic E-state index is 6.22. The third-order valence-corrected chi connectivity index (χ3v) is 3.10. The molecule has 0 aliphatic heterocycles. The smallest absolute Gasteiger partial charge is 0.224 e. The van der Waals surface area contributed by atoms with E-state index in [1.54, 1.807) is 20.3 Å². The summed E-state index contributed by atoms with van der Waals surface area (Å²) in [5.74, 6) is 1.67. The summed E-state index contributed by atoms with van der Waals surface area (Å²) >= 11 is 12.1. The van der Waals surface area contributed by atoms with Crippen molar-refractivity contribution in [2.75, 3.05) is 33.2 Å². The van der Waals surface area contributed by atoms with Crippen molar-refractivity contribution in [2.24, 2.45) is 0 Å². The van der Waals surface area contributed by atoms with E-state index in [1.807, 2.05) is 19.0 Å². The molecule has 19 heavy (non-hydrogen) atoms. The van der Waals surface area contributed by atoms with Crippen LogP contribution in [0.25, 0.3) is 10.9 Å². The topological polar surface area (TPSA) is 47.5 Å². The summed E-state index contributed by atoms with van der Waals surface area (Å²) in [6, 6.07) is 1.64. The molecule has 0 aliphatic rings. The molecule has 0 radical (unpaired) electrons. The van der Waals surface area contributed by atoms with Gasteiger partial charge in [-0.3, -0.25) is 0 Å². The predicted molar refractivity (Wildman–Crippen MR) is 77.0 cm³/mol. The van der Waals surface area contributed by atoms with Gasteiger partial charge in [0.1, 0.15) is 11.3 Å². The van der Waals surface area contributed by atoms with Gasteiger partial charge >= 0.3 is 0 Å². The van der Waals surface area contributed by atoms with Crippen molar-refractivity contribution in [1.29, 1.82) is 0 Å². The number of halogens is 2. The highest BCUT2D eigenvalue weighted by atomic mass is 35.5. The lowest BCUT2D eigenvalue weighted by Crippen LogP contribution is -2.12. The summed E-state index contributed by atoms with van der Waals surface area (Å²) in [7, 11) is 6.81. The number of methoxy groups -OCH3 is 2. The Balaban J connectivity index is 2.98. The summed E-state index contributed by atoms with van der Waals surface area (Å²) in [4.78, 5) is 10.2. The number of nitrogens with zero attached hydrogens (tertiary/aromatic N) is 3. The average molecular weight is 302 g/mol. The van der Waals surface area contributed by atoms with Gasteiger partial charge in [0.25, 0.3) is 0 Å². The molecular weight excluding hydrogens is 289 g/mol. The van der Waals surface area contributed by atoms with E-state index in [4.69, 9.17) is 32.7 Å². The Morgan fingerprint density at radius 3 is 2.32 bits per heavy atom. The van der Waals surface area contributed by atoms with Gasteiger partial charge in [-0.2, -0.15) is 4.98 Å². The molecule has 0 saturated carbocycles. The van der Waals surface area contributed by atoms with Crippen molar-refractivity contribution in [1.82, 2.24) is 9.97 Å². The minimum Gasteiger partial charge on any atom is -0.493 e. The zero-order valence-electron chi connectivity index (χ0n) is 11.0. The van der Waals surface area contributed by atoms with E-state index in [0.717, 1.165) is 0 Å². The Bertz CT molecular complexity index is 632. The number of fused-ring (bicyclic) bond motifs is 1. The van der Waals surface area contributed by atoms with Crippen molar-refractivity contribution in [2.45, 2.75) is 0 Å². The number of benzene rings is 1. The highest BCUT2D eigenvalue weighted by Crippen LogP contribution is 2.43. The van der Waals surface area contributed by atoms with Gasteiger partial charge in [-0.1, -0.05) is 11.6 Å². The van der Waals surface area contributed by atoms with Gasteiger partial charge in [0.2, 0.25) is 5.28 Å². The molecule has 2 rings (SSSR count). The first-order valence-electron chi connectivity index (χ1n) is 5.44. The molecule has 0 aliphatic carbocycles. The van der Waals surface area contributed by atoms with Crippen LogP contribution in [0, 0.1) is 0 Å². The molecule has 1 heterocycles. The first kappa shape index (κ1) is 14.0. The predicted octanol–water partition coefficient (Wildman–Crippen LogP) is 3.02. The van der Waals surface area contributed by atoms with Gasteiger partial charge in [0.05, 0.1) is 24.6 Å². The van der Waals surface area contributed by atoms with Crippen molar-refractivity contribution < 1.29 is 9.47 Å². The first-order chi connectivity index (χ1) is 8.99. The minimum absolute atomic E-state index is 0.130. The zero-order chi connectivity index (χ0) is 14.2. The molecular formula is C12H13Cl2N3O2. The Morgan fingerprint density at radius 2 is 1.79 bits per heavy atom. The largest absolute Gasteiger partial charge is 0.493 e. The Morgan fingerprint density at radius 1 is 1.11 bits per heavy atom. The number of hydrogen-bond acceptors (Lipinski definition) is 5. The summed E-state index contributed by atoms with van der Waals surface area (Å²) in [6.07, 6.45) is 0. The molecule has 5 nitrogen and oxygen atoms in total. The molecule has 0 fully saturated rings. The van der Waals surface area contributed by atoms with E-state index in [1.165, 1.54) is 0 Å². The highest BCUT2D eigenvalue weighted by Gasteiger charge is 2.20. The van der Waals surface area contributed by atoms with Gasteiger partial charge in [0, 0.05) is 20.2 Å². The van der Waals surface area contributed by atoms with Gasteiger partial charge in [-0.05, 0) is 11.6 Å². The third kappa shape index (κ3) is 2.35. The molecule has 0 amide bonds. The molecule has 0 spiro atoms. The summed E-state index contributed by atoms with van der Waals surface area (Å²) in [5, 5.41) is 1.23. The second-order valence-electron chi connectivity index (χ2n) is 4.03. The lowest BCUT2D eigenvalue weighted by molar-refractivity contribution is 0.358. The fraction of sp³-hybridized carbons (Fsp3) is 0.333. The number of aromatic nitrogens is 2. The zero-order valence-corrected chi connectivity index (χ0v) is 12.5. The first-order valence-corrected chi connectivity index (χ1v) is 6.20. The number of anilines is 1. The summed E-state index contributed by atoms with van der Waals surface area (Å²) < 4.78 is 10.7. The quantitative estimate of drug-likeness (QED) is 0.816. The molecule has 0 bridgehead atoms. The van der Waals surface area contributed by atoms with Crippen LogP contribution in [0.4, 0.5) is 5.82 Å². The molecule has 1 aromatic carbocycles. The van der Waals surface area contributed by atoms with Crippen molar-refractivity contribution in [3.8, 4) is 11.5 Å². The van der Waals surface area contributed by atoms with Crippen LogP contribution in [0.15, 0.2) is 6.07 Å². The van der Waals surface area contributed by atoms with Gasteiger partial charge < -0.3 is 14.4 Å². The molecule has 1 aromatic heterocycles. The van der Waals surface area contributed by atoms with E-state index in [0.29, 0.717) is 33.2 Å². The molecule has 0 saturated heterocycles. The highest BCUT2D eigenvalue weighted by molar-refractivity contribution is 6.36. The fourth-order valence-corrected chi connectivity index (χ4v) is 2.25. The van der Waals surface area contributed by atoms with Crippen LogP contribution in [0.1, 0.15) is 0 Å². The van der Waals surface area contributed by atoms with Crippen molar-refractivity contribution in [3.05, 3.63) is 16.4 Å². The second-order valence-corrected chi connectivity index (χ2v) is 4.77. The van der Waals surface area contributed by atoms with E-state index in [-0.39, 0.29) is 5.28 Å². The lowest BCUT2D eigenvalue weighted by atomic mass is 10.2. The van der Waals surface area contributed by atoms with E-state index in [2.05, 4.69) is 9.97 Å². The van der Waals surface area contributed by atoms with Crippen molar-refractivity contribution >= 4 is 39.9 Å². The maximum absolute atomic E-state index is 6.22. The van der Waals surface area contributed by atoms with Crippen LogP contribution < -0.4 is 14.4 Å². The van der Waals surface area contributed by atoms with Gasteiger partial charge in [-0.15, -0.1) is 0 Å². The SMILES string of the molecule is COc1cc(Cl)c2nc(Cl)nc(N(C)C)c2c1OC. The standard InChI is InChI=1S/C12H13Cl2N3O2/c1-17(2)11-8-9(15-12(14)16-11)6(13)5-7(18-3)10(8)19-4/h5H,1-4H3. The monoisotopic (exact) mass is 301 g/mol. The minimum atomic E-state index is 0.130. The van der Waals surface area contributed by atoms with Crippen molar-refractivity contribution in [3.63, 3.8) is 0 Å². The number of ether oxygens (including phenoxy) is 2. The van der Waals surface area contributed by atoms with Crippen LogP contribution in [0.5, 0.6) is 11.5 Å². The Kier molecular flexibility index (Phi) is 3.87.